The third-order valence-corrected chi connectivity index (χ3v) is 3.61. The van der Waals surface area contributed by atoms with Gasteiger partial charge in [0, 0.05) is 36.1 Å². The van der Waals surface area contributed by atoms with Crippen molar-refractivity contribution in [2.75, 3.05) is 18.0 Å². The normalized spacial score (nSPS) is 17.7. The summed E-state index contributed by atoms with van der Waals surface area (Å²) in [4.78, 5) is 26.9. The highest BCUT2D eigenvalue weighted by Crippen LogP contribution is 2.33. The molecule has 8 nitrogen and oxygen atoms in total. The third kappa shape index (κ3) is 2.95. The first-order valence-electron chi connectivity index (χ1n) is 6.51. The van der Waals surface area contributed by atoms with Gasteiger partial charge in [0.25, 0.3) is 5.69 Å². The summed E-state index contributed by atoms with van der Waals surface area (Å²) in [5, 5.41) is 14.5. The lowest BCUT2D eigenvalue weighted by Gasteiger charge is -2.19. The Morgan fingerprint density at radius 3 is 2.81 bits per heavy atom. The monoisotopic (exact) mass is 289 g/mol. The number of benzene rings is 1. The van der Waals surface area contributed by atoms with Gasteiger partial charge in [0.1, 0.15) is 0 Å². The molecule has 8 heteroatoms. The summed E-state index contributed by atoms with van der Waals surface area (Å²) >= 11 is 0. The van der Waals surface area contributed by atoms with Gasteiger partial charge in [-0.1, -0.05) is 5.11 Å². The van der Waals surface area contributed by atoms with E-state index < -0.39 is 4.92 Å². The molecule has 0 radical (unpaired) electrons. The van der Waals surface area contributed by atoms with Crippen LogP contribution in [-0.2, 0) is 4.79 Å². The molecule has 0 aromatic heterocycles. The Bertz CT molecular complexity index is 651. The molecule has 1 unspecified atom stereocenters. The molecule has 1 aliphatic rings. The summed E-state index contributed by atoms with van der Waals surface area (Å²) in [5.41, 5.74) is 10.3. The second-order valence-corrected chi connectivity index (χ2v) is 5.17. The van der Waals surface area contributed by atoms with Gasteiger partial charge in [0.05, 0.1) is 10.6 Å². The van der Waals surface area contributed by atoms with E-state index in [-0.39, 0.29) is 24.1 Å². The smallest absolute Gasteiger partial charge is 0.274 e. The molecule has 0 bridgehead atoms. The average molecular weight is 289 g/mol. The molecule has 1 heterocycles. The van der Waals surface area contributed by atoms with E-state index in [1.165, 1.54) is 6.07 Å². The number of anilines is 1. The van der Waals surface area contributed by atoms with Gasteiger partial charge in [-0.05, 0) is 36.9 Å². The molecule has 1 fully saturated rings. The number of hydrogen-bond acceptors (Lipinski definition) is 4. The number of nitro benzene ring substituents is 1. The standard InChI is InChI=1S/C13H15N5O3/c1-8-3-9(2)12(18(20)21)5-11(8)17-7-10(4-13(17)19)6-15-16-14/h3,5,10H,4,6-7H2,1-2H3. The summed E-state index contributed by atoms with van der Waals surface area (Å²) in [6, 6.07) is 3.15. The predicted molar refractivity (Wildman–Crippen MR) is 77.0 cm³/mol. The summed E-state index contributed by atoms with van der Waals surface area (Å²) in [5.74, 6) is -0.150. The molecule has 1 atom stereocenters. The first-order chi connectivity index (χ1) is 9.93. The summed E-state index contributed by atoms with van der Waals surface area (Å²) in [7, 11) is 0. The second kappa shape index (κ2) is 5.80. The fraction of sp³-hybridized carbons (Fsp3) is 0.462. The van der Waals surface area contributed by atoms with E-state index in [1.807, 2.05) is 6.92 Å². The van der Waals surface area contributed by atoms with Crippen molar-refractivity contribution < 1.29 is 9.72 Å². The van der Waals surface area contributed by atoms with Crippen LogP contribution in [0, 0.1) is 29.9 Å². The number of rotatable bonds is 4. The molecule has 110 valence electrons. The predicted octanol–water partition coefficient (Wildman–Crippen LogP) is 2.87. The fourth-order valence-electron chi connectivity index (χ4n) is 2.61. The molecule has 0 saturated carbocycles. The highest BCUT2D eigenvalue weighted by molar-refractivity contribution is 5.96. The molecule has 1 aromatic carbocycles. The van der Waals surface area contributed by atoms with E-state index >= 15 is 0 Å². The Balaban J connectivity index is 2.33. The van der Waals surface area contributed by atoms with Crippen molar-refractivity contribution in [1.82, 2.24) is 0 Å². The van der Waals surface area contributed by atoms with Gasteiger partial charge < -0.3 is 4.90 Å². The quantitative estimate of drug-likeness (QED) is 0.279. The van der Waals surface area contributed by atoms with Crippen LogP contribution >= 0.6 is 0 Å². The molecular formula is C13H15N5O3. The zero-order chi connectivity index (χ0) is 15.6. The van der Waals surface area contributed by atoms with Crippen molar-refractivity contribution in [2.24, 2.45) is 11.0 Å². The zero-order valence-corrected chi connectivity index (χ0v) is 11.8. The van der Waals surface area contributed by atoms with Crippen LogP contribution in [0.15, 0.2) is 17.2 Å². The lowest BCUT2D eigenvalue weighted by atomic mass is 10.1. The number of carbonyl (C=O) groups excluding carboxylic acids is 1. The van der Waals surface area contributed by atoms with Crippen LogP contribution in [0.25, 0.3) is 10.4 Å². The number of amides is 1. The van der Waals surface area contributed by atoms with E-state index in [2.05, 4.69) is 10.0 Å². The first kappa shape index (κ1) is 14.8. The number of azide groups is 1. The molecule has 1 aromatic rings. The number of hydrogen-bond donors (Lipinski definition) is 0. The van der Waals surface area contributed by atoms with Crippen LogP contribution in [0.4, 0.5) is 11.4 Å². The van der Waals surface area contributed by atoms with Gasteiger partial charge in [-0.3, -0.25) is 14.9 Å². The van der Waals surface area contributed by atoms with Crippen LogP contribution in [0.2, 0.25) is 0 Å². The maximum atomic E-state index is 12.1. The van der Waals surface area contributed by atoms with Crippen molar-refractivity contribution in [3.05, 3.63) is 43.8 Å². The Labute approximate surface area is 121 Å². The molecule has 1 aliphatic heterocycles. The van der Waals surface area contributed by atoms with E-state index in [9.17, 15) is 14.9 Å². The van der Waals surface area contributed by atoms with Crippen LogP contribution in [0.3, 0.4) is 0 Å². The van der Waals surface area contributed by atoms with E-state index in [4.69, 9.17) is 5.53 Å². The average Bonchev–Trinajstić information content (AvgIpc) is 2.77. The highest BCUT2D eigenvalue weighted by atomic mass is 16.6. The Kier molecular flexibility index (Phi) is 4.09. The molecule has 1 saturated heterocycles. The Morgan fingerprint density at radius 1 is 1.48 bits per heavy atom. The molecule has 0 aliphatic carbocycles. The van der Waals surface area contributed by atoms with Crippen LogP contribution in [0.1, 0.15) is 17.5 Å². The molecule has 0 spiro atoms. The van der Waals surface area contributed by atoms with E-state index in [0.717, 1.165) is 5.56 Å². The maximum Gasteiger partial charge on any atom is 0.274 e. The number of nitrogens with zero attached hydrogens (tertiary/aromatic N) is 5. The topological polar surface area (TPSA) is 112 Å². The van der Waals surface area contributed by atoms with Gasteiger partial charge in [-0.2, -0.15) is 0 Å². The van der Waals surface area contributed by atoms with Crippen molar-refractivity contribution in [1.29, 1.82) is 0 Å². The van der Waals surface area contributed by atoms with Gasteiger partial charge >= 0.3 is 0 Å². The van der Waals surface area contributed by atoms with Gasteiger partial charge in [0.2, 0.25) is 5.91 Å². The minimum absolute atomic E-state index is 0.00176. The molecule has 0 N–H and O–H groups in total. The molecular weight excluding hydrogens is 274 g/mol. The van der Waals surface area contributed by atoms with Crippen molar-refractivity contribution in [2.45, 2.75) is 20.3 Å². The Morgan fingerprint density at radius 2 is 2.19 bits per heavy atom. The lowest BCUT2D eigenvalue weighted by Crippen LogP contribution is -2.25. The lowest BCUT2D eigenvalue weighted by molar-refractivity contribution is -0.385. The van der Waals surface area contributed by atoms with Crippen LogP contribution < -0.4 is 4.90 Å². The zero-order valence-electron chi connectivity index (χ0n) is 11.8. The van der Waals surface area contributed by atoms with Gasteiger partial charge in [-0.15, -0.1) is 0 Å². The number of carbonyl (C=O) groups is 1. The Hall–Kier alpha value is -2.60. The fourth-order valence-corrected chi connectivity index (χ4v) is 2.61. The summed E-state index contributed by atoms with van der Waals surface area (Å²) in [6.45, 7) is 4.16. The number of aryl methyl sites for hydroxylation is 2. The summed E-state index contributed by atoms with van der Waals surface area (Å²) in [6.07, 6.45) is 0.292. The molecule has 2 rings (SSSR count). The van der Waals surface area contributed by atoms with Crippen LogP contribution in [-0.4, -0.2) is 23.9 Å². The molecule has 1 amide bonds. The minimum atomic E-state index is -0.448. The third-order valence-electron chi connectivity index (χ3n) is 3.61. The van der Waals surface area contributed by atoms with Crippen LogP contribution in [0.5, 0.6) is 0 Å². The second-order valence-electron chi connectivity index (χ2n) is 5.17. The van der Waals surface area contributed by atoms with Gasteiger partial charge in [-0.25, -0.2) is 0 Å². The van der Waals surface area contributed by atoms with E-state index in [1.54, 1.807) is 17.9 Å². The van der Waals surface area contributed by atoms with Gasteiger partial charge in [0.15, 0.2) is 0 Å². The summed E-state index contributed by atoms with van der Waals surface area (Å²) < 4.78 is 0. The van der Waals surface area contributed by atoms with Crippen molar-refractivity contribution in [3.63, 3.8) is 0 Å². The maximum absolute atomic E-state index is 12.1. The SMILES string of the molecule is Cc1cc(C)c([N+](=O)[O-])cc1N1CC(CN=[N+]=[N-])CC1=O. The van der Waals surface area contributed by atoms with E-state index in [0.29, 0.717) is 24.2 Å². The van der Waals surface area contributed by atoms with Crippen molar-refractivity contribution >= 4 is 17.3 Å². The first-order valence-corrected chi connectivity index (χ1v) is 6.51. The van der Waals surface area contributed by atoms with Crippen molar-refractivity contribution in [3.8, 4) is 0 Å². The molecule has 21 heavy (non-hydrogen) atoms. The highest BCUT2D eigenvalue weighted by Gasteiger charge is 2.32. The number of nitro groups is 1. The minimum Gasteiger partial charge on any atom is -0.312 e. The largest absolute Gasteiger partial charge is 0.312 e.